The number of hydrogen-bond acceptors (Lipinski definition) is 7. The van der Waals surface area contributed by atoms with E-state index >= 15 is 0 Å². The Morgan fingerprint density at radius 3 is 2.32 bits per heavy atom. The predicted molar refractivity (Wildman–Crippen MR) is 122 cm³/mol. The molecule has 1 aliphatic rings. The zero-order chi connectivity index (χ0) is 24.7. The normalized spacial score (nSPS) is 13.9. The Bertz CT molecular complexity index is 1110. The lowest BCUT2D eigenvalue weighted by atomic mass is 9.86. The molecule has 34 heavy (non-hydrogen) atoms. The fourth-order valence-corrected chi connectivity index (χ4v) is 3.49. The number of hydrogen-bond donors (Lipinski definition) is 5. The van der Waals surface area contributed by atoms with Crippen LogP contribution >= 0.6 is 0 Å². The highest BCUT2D eigenvalue weighted by Crippen LogP contribution is 2.36. The van der Waals surface area contributed by atoms with Gasteiger partial charge in [0.1, 0.15) is 11.4 Å². The highest BCUT2D eigenvalue weighted by molar-refractivity contribution is 6.02. The lowest BCUT2D eigenvalue weighted by Crippen LogP contribution is -2.31. The molecule has 1 aliphatic heterocycles. The van der Waals surface area contributed by atoms with Gasteiger partial charge in [0, 0.05) is 43.4 Å². The van der Waals surface area contributed by atoms with Crippen molar-refractivity contribution in [2.45, 2.75) is 37.7 Å². The molecule has 0 atom stereocenters. The molecule has 0 spiro atoms. The summed E-state index contributed by atoms with van der Waals surface area (Å²) in [5.41, 5.74) is 6.22. The van der Waals surface area contributed by atoms with Crippen LogP contribution < -0.4 is 15.8 Å². The molecule has 0 aromatic heterocycles. The van der Waals surface area contributed by atoms with Crippen molar-refractivity contribution in [1.29, 1.82) is 5.41 Å². The Morgan fingerprint density at radius 1 is 1.09 bits per heavy atom. The second-order valence-electron chi connectivity index (χ2n) is 7.81. The number of anilines is 1. The van der Waals surface area contributed by atoms with Crippen molar-refractivity contribution in [3.63, 3.8) is 0 Å². The predicted octanol–water partition coefficient (Wildman–Crippen LogP) is 2.80. The van der Waals surface area contributed by atoms with Gasteiger partial charge < -0.3 is 30.8 Å². The molecule has 6 N–H and O–H groups in total. The number of carbonyl (C=O) groups is 3. The number of carbonyl (C=O) groups excluding carboxylic acids is 1. The third-order valence-corrected chi connectivity index (χ3v) is 5.21. The highest BCUT2D eigenvalue weighted by Gasteiger charge is 2.40. The van der Waals surface area contributed by atoms with Crippen LogP contribution in [0.15, 0.2) is 53.7 Å². The van der Waals surface area contributed by atoms with Crippen LogP contribution in [0.3, 0.4) is 0 Å². The zero-order valence-electron chi connectivity index (χ0n) is 18.1. The molecule has 178 valence electrons. The van der Waals surface area contributed by atoms with E-state index in [1.165, 1.54) is 12.1 Å². The topological polar surface area (TPSA) is 184 Å². The van der Waals surface area contributed by atoms with Gasteiger partial charge in [-0.1, -0.05) is 17.3 Å². The second-order valence-corrected chi connectivity index (χ2v) is 7.81. The maximum absolute atomic E-state index is 12.5. The van der Waals surface area contributed by atoms with E-state index in [4.69, 9.17) is 30.9 Å². The second kappa shape index (κ2) is 10.5. The first-order valence-electron chi connectivity index (χ1n) is 10.4. The quantitative estimate of drug-likeness (QED) is 0.151. The van der Waals surface area contributed by atoms with E-state index < -0.39 is 23.5 Å². The number of nitrogens with two attached hydrogens (primary N) is 1. The van der Waals surface area contributed by atoms with Crippen LogP contribution in [0, 0.1) is 5.41 Å². The van der Waals surface area contributed by atoms with Crippen molar-refractivity contribution >= 4 is 35.3 Å². The van der Waals surface area contributed by atoms with Gasteiger partial charge in [-0.05, 0) is 36.4 Å². The Morgan fingerprint density at radius 2 is 1.74 bits per heavy atom. The third-order valence-electron chi connectivity index (χ3n) is 5.21. The molecule has 2 aromatic rings. The van der Waals surface area contributed by atoms with Gasteiger partial charge in [-0.2, -0.15) is 0 Å². The first-order chi connectivity index (χ1) is 16.2. The molecule has 11 heteroatoms. The number of rotatable bonds is 10. The minimum absolute atomic E-state index is 0.117. The number of esters is 1. The summed E-state index contributed by atoms with van der Waals surface area (Å²) in [6.07, 6.45) is 0.106. The molecular weight excluding hydrogens is 444 g/mol. The number of carboxylic acid groups (broad SMARTS) is 2. The first-order valence-corrected chi connectivity index (χ1v) is 10.4. The fraction of sp³-hybridized carbons (Fsp3) is 0.261. The van der Waals surface area contributed by atoms with E-state index in [0.717, 1.165) is 0 Å². The van der Waals surface area contributed by atoms with Crippen molar-refractivity contribution in [3.8, 4) is 5.75 Å². The van der Waals surface area contributed by atoms with Crippen molar-refractivity contribution in [2.24, 2.45) is 10.9 Å². The van der Waals surface area contributed by atoms with Gasteiger partial charge in [-0.25, -0.2) is 4.79 Å². The van der Waals surface area contributed by atoms with Gasteiger partial charge in [0.05, 0.1) is 11.3 Å². The summed E-state index contributed by atoms with van der Waals surface area (Å²) < 4.78 is 5.45. The number of nitrogens with zero attached hydrogens (tertiary/aromatic N) is 1. The number of benzene rings is 2. The van der Waals surface area contributed by atoms with E-state index in [9.17, 15) is 14.4 Å². The summed E-state index contributed by atoms with van der Waals surface area (Å²) in [6.45, 7) is 0. The maximum Gasteiger partial charge on any atom is 0.343 e. The van der Waals surface area contributed by atoms with E-state index in [-0.39, 0.29) is 43.8 Å². The van der Waals surface area contributed by atoms with E-state index in [1.807, 2.05) is 0 Å². The Hall–Kier alpha value is -4.41. The average molecular weight is 468 g/mol. The molecule has 0 unspecified atom stereocenters. The minimum Gasteiger partial charge on any atom is -0.481 e. The van der Waals surface area contributed by atoms with Crippen LogP contribution in [0.25, 0.3) is 0 Å². The third kappa shape index (κ3) is 6.55. The molecule has 0 saturated carbocycles. The van der Waals surface area contributed by atoms with Crippen molar-refractivity contribution in [3.05, 3.63) is 59.7 Å². The van der Waals surface area contributed by atoms with Crippen LogP contribution in [-0.2, 0) is 14.4 Å². The summed E-state index contributed by atoms with van der Waals surface area (Å²) in [5.74, 6) is -2.56. The van der Waals surface area contributed by atoms with Crippen LogP contribution in [0.5, 0.6) is 5.75 Å². The van der Waals surface area contributed by atoms with Gasteiger partial charge in [0.25, 0.3) is 0 Å². The van der Waals surface area contributed by atoms with Gasteiger partial charge in [0.2, 0.25) is 0 Å². The van der Waals surface area contributed by atoms with Crippen molar-refractivity contribution in [1.82, 2.24) is 0 Å². The number of guanidine groups is 1. The van der Waals surface area contributed by atoms with Crippen LogP contribution in [0.4, 0.5) is 5.69 Å². The molecule has 1 heterocycles. The van der Waals surface area contributed by atoms with Gasteiger partial charge >= 0.3 is 17.9 Å². The molecule has 0 fully saturated rings. The van der Waals surface area contributed by atoms with Crippen LogP contribution in [0.2, 0.25) is 0 Å². The molecule has 11 nitrogen and oxygen atoms in total. The number of nitrogens with one attached hydrogen (secondary N) is 2. The van der Waals surface area contributed by atoms with Crippen molar-refractivity contribution in [2.75, 3.05) is 5.32 Å². The number of ether oxygens (including phenoxy) is 1. The summed E-state index contributed by atoms with van der Waals surface area (Å²) in [6, 6.07) is 12.9. The average Bonchev–Trinajstić information content (AvgIpc) is 3.22. The smallest absolute Gasteiger partial charge is 0.343 e. The Labute approximate surface area is 194 Å². The molecule has 3 rings (SSSR count). The lowest BCUT2D eigenvalue weighted by Gasteiger charge is -2.25. The van der Waals surface area contributed by atoms with Crippen LogP contribution in [-0.4, -0.2) is 45.4 Å². The largest absolute Gasteiger partial charge is 0.481 e. The Kier molecular flexibility index (Phi) is 7.46. The zero-order valence-corrected chi connectivity index (χ0v) is 18.1. The Balaban J connectivity index is 1.69. The van der Waals surface area contributed by atoms with Gasteiger partial charge in [-0.3, -0.25) is 15.0 Å². The summed E-state index contributed by atoms with van der Waals surface area (Å²) >= 11 is 0. The highest BCUT2D eigenvalue weighted by atomic mass is 16.7. The van der Waals surface area contributed by atoms with Crippen molar-refractivity contribution < 1.29 is 34.2 Å². The SMILES string of the molecule is N=C(N)Nc1ccc(C(=O)Oc2cccc(C3=NOC(CCC(=O)O)(CCC(=O)O)C3)c2)cc1. The van der Waals surface area contributed by atoms with Gasteiger partial charge in [0.15, 0.2) is 5.96 Å². The lowest BCUT2D eigenvalue weighted by molar-refractivity contribution is -0.140. The molecular formula is C23H24N4O7. The van der Waals surface area contributed by atoms with Gasteiger partial charge in [-0.15, -0.1) is 0 Å². The first kappa shape index (κ1) is 24.2. The molecule has 0 saturated heterocycles. The molecule has 0 radical (unpaired) electrons. The summed E-state index contributed by atoms with van der Waals surface area (Å²) in [4.78, 5) is 40.1. The minimum atomic E-state index is -1.02. The molecule has 0 bridgehead atoms. The van der Waals surface area contributed by atoms with E-state index in [1.54, 1.807) is 36.4 Å². The maximum atomic E-state index is 12.5. The molecule has 0 aliphatic carbocycles. The number of carboxylic acids is 2. The molecule has 0 amide bonds. The number of oxime groups is 1. The summed E-state index contributed by atoms with van der Waals surface area (Å²) in [5, 5.41) is 32.0. The van der Waals surface area contributed by atoms with E-state index in [2.05, 4.69) is 10.5 Å². The van der Waals surface area contributed by atoms with Crippen LogP contribution in [0.1, 0.15) is 48.0 Å². The summed E-state index contributed by atoms with van der Waals surface area (Å²) in [7, 11) is 0. The fourth-order valence-electron chi connectivity index (χ4n) is 3.49. The molecule has 2 aromatic carbocycles. The monoisotopic (exact) mass is 468 g/mol. The number of aliphatic carboxylic acids is 2. The van der Waals surface area contributed by atoms with E-state index in [0.29, 0.717) is 22.5 Å². The standard InChI is InChI=1S/C23H24N4O7/c24-22(25)26-16-6-4-14(5-7-16)21(32)33-17-3-1-2-15(12-17)18-13-23(34-27-18,10-8-19(28)29)11-9-20(30)31/h1-7,12H,8-11,13H2,(H,28,29)(H,30,31)(H4,24,25,26).